The number of carbonyl (C=O) groups is 1. The van der Waals surface area contributed by atoms with Gasteiger partial charge in [0.2, 0.25) is 5.91 Å². The molecule has 0 saturated carbocycles. The van der Waals surface area contributed by atoms with Crippen molar-refractivity contribution in [1.82, 2.24) is 0 Å². The van der Waals surface area contributed by atoms with Crippen LogP contribution in [-0.2, 0) is 4.79 Å². The van der Waals surface area contributed by atoms with Gasteiger partial charge in [0.05, 0.1) is 30.2 Å². The van der Waals surface area contributed by atoms with E-state index in [1.165, 1.54) is 11.8 Å². The number of nitrogens with one attached hydrogen (secondary N) is 3. The molecule has 0 saturated heterocycles. The third-order valence-corrected chi connectivity index (χ3v) is 6.14. The molecule has 0 spiro atoms. The van der Waals surface area contributed by atoms with Crippen LogP contribution in [0.3, 0.4) is 0 Å². The maximum atomic E-state index is 12.6. The molecule has 9 heteroatoms. The first-order valence-corrected chi connectivity index (χ1v) is 11.7. The van der Waals surface area contributed by atoms with E-state index in [-0.39, 0.29) is 11.2 Å². The van der Waals surface area contributed by atoms with Crippen LogP contribution in [-0.4, -0.2) is 30.5 Å². The Hall–Kier alpha value is -2.94. The van der Waals surface area contributed by atoms with Crippen LogP contribution in [0.15, 0.2) is 71.6 Å². The third kappa shape index (κ3) is 7.02. The van der Waals surface area contributed by atoms with Crippen molar-refractivity contribution in [3.8, 4) is 11.5 Å². The van der Waals surface area contributed by atoms with E-state index in [4.69, 9.17) is 33.3 Å². The highest BCUT2D eigenvalue weighted by atomic mass is 35.5. The summed E-state index contributed by atoms with van der Waals surface area (Å²) in [6.45, 7) is 1.85. The number of hydrogen-bond acceptors (Lipinski definition) is 5. The number of amides is 1. The molecule has 33 heavy (non-hydrogen) atoms. The lowest BCUT2D eigenvalue weighted by Gasteiger charge is -2.15. The SMILES string of the molecule is COc1ccc(NC(=O)C(C)Sc2cccc(NC(=S)Nc3ccccc3OC)c2)cc1Cl. The van der Waals surface area contributed by atoms with E-state index in [2.05, 4.69) is 16.0 Å². The van der Waals surface area contributed by atoms with Gasteiger partial charge in [-0.1, -0.05) is 29.8 Å². The molecular weight excluding hydrogens is 478 g/mol. The average Bonchev–Trinajstić information content (AvgIpc) is 2.79. The first kappa shape index (κ1) is 24.7. The normalized spacial score (nSPS) is 11.3. The zero-order valence-electron chi connectivity index (χ0n) is 18.3. The molecule has 3 aromatic carbocycles. The Labute approximate surface area is 208 Å². The molecule has 6 nitrogen and oxygen atoms in total. The number of benzene rings is 3. The van der Waals surface area contributed by atoms with E-state index in [0.717, 1.165) is 16.3 Å². The minimum Gasteiger partial charge on any atom is -0.495 e. The molecule has 3 aromatic rings. The Balaban J connectivity index is 1.59. The molecule has 0 fully saturated rings. The number of para-hydroxylation sites is 2. The van der Waals surface area contributed by atoms with Crippen molar-refractivity contribution in [2.24, 2.45) is 0 Å². The second kappa shape index (κ2) is 11.8. The number of halogens is 1. The minimum atomic E-state index is -0.334. The van der Waals surface area contributed by atoms with Gasteiger partial charge in [-0.05, 0) is 67.7 Å². The number of thiocarbonyl (C=S) groups is 1. The quantitative estimate of drug-likeness (QED) is 0.247. The lowest BCUT2D eigenvalue weighted by atomic mass is 10.3. The van der Waals surface area contributed by atoms with Crippen molar-refractivity contribution in [1.29, 1.82) is 0 Å². The Bertz CT molecular complexity index is 1140. The number of thioether (sulfide) groups is 1. The largest absolute Gasteiger partial charge is 0.495 e. The summed E-state index contributed by atoms with van der Waals surface area (Å²) in [5, 5.41) is 9.72. The van der Waals surface area contributed by atoms with Crippen LogP contribution in [0.4, 0.5) is 17.1 Å². The number of methoxy groups -OCH3 is 2. The average molecular weight is 502 g/mol. The summed E-state index contributed by atoms with van der Waals surface area (Å²) in [5.74, 6) is 1.12. The van der Waals surface area contributed by atoms with Crippen LogP contribution < -0.4 is 25.4 Å². The first-order chi connectivity index (χ1) is 15.9. The van der Waals surface area contributed by atoms with E-state index in [1.54, 1.807) is 32.4 Å². The summed E-state index contributed by atoms with van der Waals surface area (Å²) in [6, 6.07) is 20.4. The van der Waals surface area contributed by atoms with Crippen LogP contribution in [0.5, 0.6) is 11.5 Å². The van der Waals surface area contributed by atoms with Crippen LogP contribution in [0.2, 0.25) is 5.02 Å². The van der Waals surface area contributed by atoms with E-state index < -0.39 is 0 Å². The molecule has 1 amide bonds. The molecular formula is C24H24ClN3O3S2. The van der Waals surface area contributed by atoms with Gasteiger partial charge >= 0.3 is 0 Å². The van der Waals surface area contributed by atoms with Crippen LogP contribution >= 0.6 is 35.6 Å². The number of anilines is 3. The maximum absolute atomic E-state index is 12.6. The van der Waals surface area contributed by atoms with Crippen molar-refractivity contribution in [3.05, 3.63) is 71.8 Å². The van der Waals surface area contributed by atoms with Gasteiger partial charge in [-0.3, -0.25) is 4.79 Å². The topological polar surface area (TPSA) is 71.6 Å². The number of carbonyl (C=O) groups excluding carboxylic acids is 1. The summed E-state index contributed by atoms with van der Waals surface area (Å²) in [7, 11) is 3.15. The highest BCUT2D eigenvalue weighted by Crippen LogP contribution is 2.30. The highest BCUT2D eigenvalue weighted by molar-refractivity contribution is 8.00. The molecule has 0 aliphatic rings. The molecule has 0 heterocycles. The molecule has 172 valence electrons. The first-order valence-electron chi connectivity index (χ1n) is 10.0. The number of rotatable bonds is 8. The predicted octanol–water partition coefficient (Wildman–Crippen LogP) is 6.29. The van der Waals surface area contributed by atoms with Crippen molar-refractivity contribution in [2.45, 2.75) is 17.1 Å². The van der Waals surface area contributed by atoms with E-state index >= 15 is 0 Å². The fraction of sp³-hybridized carbons (Fsp3) is 0.167. The van der Waals surface area contributed by atoms with Gasteiger partial charge in [0.25, 0.3) is 0 Å². The number of hydrogen-bond donors (Lipinski definition) is 3. The van der Waals surface area contributed by atoms with Crippen molar-refractivity contribution >= 4 is 63.7 Å². The zero-order chi connectivity index (χ0) is 23.8. The Morgan fingerprint density at radius 2 is 1.64 bits per heavy atom. The van der Waals surface area contributed by atoms with E-state index in [0.29, 0.717) is 27.3 Å². The molecule has 1 unspecified atom stereocenters. The fourth-order valence-electron chi connectivity index (χ4n) is 2.93. The second-order valence-electron chi connectivity index (χ2n) is 6.91. The minimum absolute atomic E-state index is 0.132. The summed E-state index contributed by atoms with van der Waals surface area (Å²) >= 11 is 13.0. The molecule has 0 bridgehead atoms. The molecule has 3 rings (SSSR count). The van der Waals surface area contributed by atoms with Gasteiger partial charge in [0, 0.05) is 16.3 Å². The van der Waals surface area contributed by atoms with Crippen LogP contribution in [0.1, 0.15) is 6.92 Å². The molecule has 0 aromatic heterocycles. The van der Waals surface area contributed by atoms with Gasteiger partial charge in [0.15, 0.2) is 5.11 Å². The lowest BCUT2D eigenvalue weighted by molar-refractivity contribution is -0.115. The molecule has 1 atom stereocenters. The maximum Gasteiger partial charge on any atom is 0.237 e. The fourth-order valence-corrected chi connectivity index (χ4v) is 4.34. The third-order valence-electron chi connectivity index (χ3n) is 4.55. The molecule has 3 N–H and O–H groups in total. The smallest absolute Gasteiger partial charge is 0.237 e. The Morgan fingerprint density at radius 3 is 2.36 bits per heavy atom. The second-order valence-corrected chi connectivity index (χ2v) is 9.14. The van der Waals surface area contributed by atoms with Crippen molar-refractivity contribution < 1.29 is 14.3 Å². The monoisotopic (exact) mass is 501 g/mol. The molecule has 0 aliphatic carbocycles. The van der Waals surface area contributed by atoms with Crippen LogP contribution in [0, 0.1) is 0 Å². The van der Waals surface area contributed by atoms with Gasteiger partial charge in [0.1, 0.15) is 11.5 Å². The Morgan fingerprint density at radius 1 is 0.909 bits per heavy atom. The summed E-state index contributed by atoms with van der Waals surface area (Å²) in [6.07, 6.45) is 0. The molecule has 0 aliphatic heterocycles. The van der Waals surface area contributed by atoms with Gasteiger partial charge in [-0.15, -0.1) is 11.8 Å². The summed E-state index contributed by atoms with van der Waals surface area (Å²) in [4.78, 5) is 13.6. The Kier molecular flexibility index (Phi) is 8.82. The van der Waals surface area contributed by atoms with Crippen molar-refractivity contribution in [2.75, 3.05) is 30.2 Å². The standard InChI is InChI=1S/C24H24ClN3O3S2/c1-15(23(29)26-17-11-12-21(30-2)19(25)14-17)33-18-8-6-7-16(13-18)27-24(32)28-20-9-4-5-10-22(20)31-3/h4-15H,1-3H3,(H,26,29)(H2,27,28,32). The van der Waals surface area contributed by atoms with E-state index in [1.807, 2.05) is 55.5 Å². The van der Waals surface area contributed by atoms with Gasteiger partial charge in [-0.2, -0.15) is 0 Å². The van der Waals surface area contributed by atoms with Crippen LogP contribution in [0.25, 0.3) is 0 Å². The zero-order valence-corrected chi connectivity index (χ0v) is 20.7. The molecule has 0 radical (unpaired) electrons. The van der Waals surface area contributed by atoms with Gasteiger partial charge < -0.3 is 25.4 Å². The lowest BCUT2D eigenvalue weighted by Crippen LogP contribution is -2.22. The predicted molar refractivity (Wildman–Crippen MR) is 141 cm³/mol. The van der Waals surface area contributed by atoms with E-state index in [9.17, 15) is 4.79 Å². The summed E-state index contributed by atoms with van der Waals surface area (Å²) in [5.41, 5.74) is 2.19. The number of ether oxygens (including phenoxy) is 2. The van der Waals surface area contributed by atoms with Gasteiger partial charge in [-0.25, -0.2) is 0 Å². The highest BCUT2D eigenvalue weighted by Gasteiger charge is 2.16. The van der Waals surface area contributed by atoms with Crippen molar-refractivity contribution in [3.63, 3.8) is 0 Å². The summed E-state index contributed by atoms with van der Waals surface area (Å²) < 4.78 is 10.5.